The Morgan fingerprint density at radius 1 is 1.14 bits per heavy atom. The highest BCUT2D eigenvalue weighted by Gasteiger charge is 2.38. The third-order valence-corrected chi connectivity index (χ3v) is 7.90. The molecule has 1 atom stereocenters. The molecule has 4 rings (SSSR count). The first-order chi connectivity index (χ1) is 14.0. The van der Waals surface area contributed by atoms with E-state index in [2.05, 4.69) is 15.6 Å². The fraction of sp³-hybridized carbons (Fsp3) is 0.591. The fourth-order valence-corrected chi connectivity index (χ4v) is 5.39. The highest BCUT2D eigenvalue weighted by Crippen LogP contribution is 2.33. The molecule has 0 radical (unpaired) electrons. The van der Waals surface area contributed by atoms with Gasteiger partial charge in [0.25, 0.3) is 0 Å². The molecule has 1 aromatic carbocycles. The molecule has 1 aliphatic heterocycles. The van der Waals surface area contributed by atoms with Crippen molar-refractivity contribution in [2.75, 3.05) is 11.4 Å². The Kier molecular flexibility index (Phi) is 7.35. The second-order valence-electron chi connectivity index (χ2n) is 7.69. The van der Waals surface area contributed by atoms with Crippen molar-refractivity contribution < 1.29 is 9.84 Å². The van der Waals surface area contributed by atoms with E-state index in [9.17, 15) is 8.42 Å². The Balaban J connectivity index is 0.00000104. The molecule has 1 unspecified atom stereocenters. The molecule has 0 saturated heterocycles. The van der Waals surface area contributed by atoms with Gasteiger partial charge < -0.3 is 5.32 Å². The standard InChI is InChI=1S/C20H28N4O2S.C2H6.H2/c1-24(27(25,26)18-10-11-18)17-9-5-6-15(14-17)19-12-13-21-20(23-19)22-16-7-3-2-4-8-16;1-2;/h5-6,9,12-14,16,18,20,22-23H,2-4,7-8,10-11H2,1H3;1-2H3;1H. The normalized spacial score (nSPS) is 22.2. The van der Waals surface area contributed by atoms with E-state index >= 15 is 0 Å². The van der Waals surface area contributed by atoms with Crippen LogP contribution in [0.4, 0.5) is 5.69 Å². The van der Waals surface area contributed by atoms with Crippen molar-refractivity contribution in [2.24, 2.45) is 4.99 Å². The number of hydrogen-bond donors (Lipinski definition) is 2. The molecule has 7 heteroatoms. The second-order valence-corrected chi connectivity index (χ2v) is 9.93. The van der Waals surface area contributed by atoms with Gasteiger partial charge in [-0.3, -0.25) is 14.6 Å². The summed E-state index contributed by atoms with van der Waals surface area (Å²) in [6.45, 7) is 4.00. The number of sulfonamides is 1. The van der Waals surface area contributed by atoms with Crippen LogP contribution in [0, 0.1) is 0 Å². The second kappa shape index (κ2) is 9.76. The van der Waals surface area contributed by atoms with Gasteiger partial charge in [0.2, 0.25) is 10.0 Å². The van der Waals surface area contributed by atoms with Crippen LogP contribution in [0.15, 0.2) is 35.3 Å². The van der Waals surface area contributed by atoms with Gasteiger partial charge in [0, 0.05) is 26.4 Å². The molecule has 2 fully saturated rings. The third-order valence-electron chi connectivity index (χ3n) is 5.62. The topological polar surface area (TPSA) is 73.8 Å². The molecule has 3 aliphatic rings. The van der Waals surface area contributed by atoms with Crippen LogP contribution in [-0.2, 0) is 10.0 Å². The van der Waals surface area contributed by atoms with Gasteiger partial charge >= 0.3 is 0 Å². The van der Waals surface area contributed by atoms with Crippen LogP contribution in [-0.4, -0.2) is 39.3 Å². The molecule has 2 aliphatic carbocycles. The summed E-state index contributed by atoms with van der Waals surface area (Å²) in [7, 11) is -1.60. The number of rotatable bonds is 6. The molecule has 162 valence electrons. The summed E-state index contributed by atoms with van der Waals surface area (Å²) < 4.78 is 26.5. The highest BCUT2D eigenvalue weighted by molar-refractivity contribution is 7.93. The lowest BCUT2D eigenvalue weighted by molar-refractivity contribution is 0.328. The van der Waals surface area contributed by atoms with Gasteiger partial charge in [0.05, 0.1) is 10.9 Å². The molecule has 1 heterocycles. The predicted octanol–water partition coefficient (Wildman–Crippen LogP) is 4.11. The van der Waals surface area contributed by atoms with E-state index in [-0.39, 0.29) is 13.0 Å². The SMILES string of the molecule is CC.CN(c1cccc(C2=CC=NC(NC3CCCCC3)N2)c1)S(=O)(=O)C1CC1.[HH]. The average molecular weight is 421 g/mol. The summed E-state index contributed by atoms with van der Waals surface area (Å²) in [5.74, 6) is 0. The fourth-order valence-electron chi connectivity index (χ4n) is 3.80. The van der Waals surface area contributed by atoms with Gasteiger partial charge in [-0.1, -0.05) is 45.2 Å². The Bertz CT molecular complexity index is 846. The van der Waals surface area contributed by atoms with Gasteiger partial charge in [-0.05, 0) is 49.5 Å². The molecule has 1 aromatic rings. The zero-order valence-corrected chi connectivity index (χ0v) is 18.6. The zero-order valence-electron chi connectivity index (χ0n) is 17.8. The van der Waals surface area contributed by atoms with E-state index in [1.807, 2.05) is 50.4 Å². The van der Waals surface area contributed by atoms with Crippen molar-refractivity contribution in [3.63, 3.8) is 0 Å². The van der Waals surface area contributed by atoms with Gasteiger partial charge in [-0.25, -0.2) is 8.42 Å². The van der Waals surface area contributed by atoms with Crippen LogP contribution in [0.3, 0.4) is 0 Å². The first-order valence-corrected chi connectivity index (χ1v) is 12.4. The monoisotopic (exact) mass is 420 g/mol. The van der Waals surface area contributed by atoms with Crippen molar-refractivity contribution in [3.05, 3.63) is 35.9 Å². The van der Waals surface area contributed by atoms with Crippen LogP contribution in [0.25, 0.3) is 5.70 Å². The van der Waals surface area contributed by atoms with E-state index in [1.54, 1.807) is 7.05 Å². The summed E-state index contributed by atoms with van der Waals surface area (Å²) in [5, 5.41) is 6.81. The Labute approximate surface area is 177 Å². The lowest BCUT2D eigenvalue weighted by Crippen LogP contribution is -2.47. The quantitative estimate of drug-likeness (QED) is 0.726. The number of aliphatic imine (C=N–C) groups is 1. The maximum Gasteiger partial charge on any atom is 0.237 e. The van der Waals surface area contributed by atoms with E-state index < -0.39 is 10.0 Å². The minimum absolute atomic E-state index is 0. The summed E-state index contributed by atoms with van der Waals surface area (Å²) in [6.07, 6.45) is 11.4. The largest absolute Gasteiger partial charge is 0.351 e. The van der Waals surface area contributed by atoms with Gasteiger partial charge in [0.1, 0.15) is 0 Å². The van der Waals surface area contributed by atoms with E-state index in [1.165, 1.54) is 36.4 Å². The molecular weight excluding hydrogens is 384 g/mol. The van der Waals surface area contributed by atoms with Gasteiger partial charge in [-0.15, -0.1) is 0 Å². The molecule has 0 aromatic heterocycles. The lowest BCUT2D eigenvalue weighted by atomic mass is 9.95. The predicted molar refractivity (Wildman–Crippen MR) is 124 cm³/mol. The summed E-state index contributed by atoms with van der Waals surface area (Å²) in [5.41, 5.74) is 2.62. The van der Waals surface area contributed by atoms with Crippen molar-refractivity contribution in [1.29, 1.82) is 0 Å². The number of allylic oxidation sites excluding steroid dienone is 1. The maximum absolute atomic E-state index is 12.5. The Hall–Kier alpha value is -1.86. The summed E-state index contributed by atoms with van der Waals surface area (Å²) >= 11 is 0. The van der Waals surface area contributed by atoms with Crippen LogP contribution < -0.4 is 14.9 Å². The molecule has 0 amide bonds. The number of anilines is 1. The highest BCUT2D eigenvalue weighted by atomic mass is 32.2. The number of nitrogens with zero attached hydrogens (tertiary/aromatic N) is 2. The Morgan fingerprint density at radius 2 is 1.86 bits per heavy atom. The molecule has 0 bridgehead atoms. The van der Waals surface area contributed by atoms with E-state index in [0.717, 1.165) is 24.1 Å². The molecule has 2 N–H and O–H groups in total. The number of hydrogen-bond acceptors (Lipinski definition) is 5. The van der Waals surface area contributed by atoms with Gasteiger partial charge in [0.15, 0.2) is 6.29 Å². The van der Waals surface area contributed by atoms with Gasteiger partial charge in [-0.2, -0.15) is 0 Å². The lowest BCUT2D eigenvalue weighted by Gasteiger charge is -2.29. The Morgan fingerprint density at radius 3 is 2.55 bits per heavy atom. The van der Waals surface area contributed by atoms with Crippen molar-refractivity contribution in [1.82, 2.24) is 10.6 Å². The van der Waals surface area contributed by atoms with Crippen LogP contribution in [0.5, 0.6) is 0 Å². The van der Waals surface area contributed by atoms with E-state index in [0.29, 0.717) is 11.7 Å². The number of benzene rings is 1. The minimum Gasteiger partial charge on any atom is -0.351 e. The van der Waals surface area contributed by atoms with Crippen molar-refractivity contribution >= 4 is 27.6 Å². The smallest absolute Gasteiger partial charge is 0.237 e. The van der Waals surface area contributed by atoms with Crippen molar-refractivity contribution in [3.8, 4) is 0 Å². The average Bonchev–Trinajstić information content (AvgIpc) is 3.62. The summed E-state index contributed by atoms with van der Waals surface area (Å²) in [4.78, 5) is 4.50. The minimum atomic E-state index is -3.24. The first kappa shape index (κ1) is 21.8. The zero-order chi connectivity index (χ0) is 20.9. The molecular formula is C22H36N4O2S. The van der Waals surface area contributed by atoms with E-state index in [4.69, 9.17) is 0 Å². The molecule has 29 heavy (non-hydrogen) atoms. The molecule has 2 saturated carbocycles. The molecule has 6 nitrogen and oxygen atoms in total. The molecule has 0 spiro atoms. The van der Waals surface area contributed by atoms with Crippen LogP contribution in [0.2, 0.25) is 0 Å². The number of nitrogens with one attached hydrogen (secondary N) is 2. The summed E-state index contributed by atoms with van der Waals surface area (Å²) in [6, 6.07) is 8.18. The first-order valence-electron chi connectivity index (χ1n) is 10.9. The third kappa shape index (κ3) is 5.39. The van der Waals surface area contributed by atoms with Crippen LogP contribution in [0.1, 0.15) is 65.8 Å². The maximum atomic E-state index is 12.5. The van der Waals surface area contributed by atoms with Crippen molar-refractivity contribution in [2.45, 2.75) is 76.4 Å². The van der Waals surface area contributed by atoms with Crippen LogP contribution >= 0.6 is 0 Å².